The predicted octanol–water partition coefficient (Wildman–Crippen LogP) is 0.561. The Hall–Kier alpha value is -1.63. The van der Waals surface area contributed by atoms with Gasteiger partial charge in [-0.3, -0.25) is 9.59 Å². The number of carboxylic acid groups (broad SMARTS) is 1. The van der Waals surface area contributed by atoms with Crippen molar-refractivity contribution in [1.29, 1.82) is 0 Å². The minimum atomic E-state index is -1.16. The third kappa shape index (κ3) is 6.12. The quantitative estimate of drug-likeness (QED) is 0.591. The molecule has 0 spiro atoms. The molecule has 0 aromatic carbocycles. The Bertz CT molecular complexity index is 391. The third-order valence-corrected chi connectivity index (χ3v) is 3.86. The van der Waals surface area contributed by atoms with Crippen LogP contribution in [0.25, 0.3) is 0 Å². The standard InChI is InChI=1S/C14H24N2O5/c1-21-12(18)6-5-10(13(19)20)16-11(17)9-14(15)7-3-2-4-8-14/h10H,2-9,15H2,1H3,(H,16,17)(H,19,20)/t10-/m0/s1. The Labute approximate surface area is 124 Å². The van der Waals surface area contributed by atoms with Crippen molar-refractivity contribution in [2.24, 2.45) is 5.73 Å². The van der Waals surface area contributed by atoms with Crippen molar-refractivity contribution in [2.45, 2.75) is 62.9 Å². The van der Waals surface area contributed by atoms with Gasteiger partial charge in [0.25, 0.3) is 0 Å². The summed E-state index contributed by atoms with van der Waals surface area (Å²) in [6.07, 6.45) is 4.74. The van der Waals surface area contributed by atoms with Gasteiger partial charge in [0.2, 0.25) is 5.91 Å². The van der Waals surface area contributed by atoms with Crippen LogP contribution in [0, 0.1) is 0 Å². The number of rotatable bonds is 7. The number of ether oxygens (including phenoxy) is 1. The molecule has 1 aliphatic rings. The molecule has 0 aliphatic heterocycles. The number of carbonyl (C=O) groups is 3. The van der Waals surface area contributed by atoms with Crippen molar-refractivity contribution in [2.75, 3.05) is 7.11 Å². The second-order valence-corrected chi connectivity index (χ2v) is 5.67. The molecule has 1 atom stereocenters. The Morgan fingerprint density at radius 1 is 1.29 bits per heavy atom. The van der Waals surface area contributed by atoms with Crippen molar-refractivity contribution in [3.05, 3.63) is 0 Å². The lowest BCUT2D eigenvalue weighted by molar-refractivity contribution is -0.144. The van der Waals surface area contributed by atoms with E-state index in [-0.39, 0.29) is 25.2 Å². The number of nitrogens with two attached hydrogens (primary N) is 1. The summed E-state index contributed by atoms with van der Waals surface area (Å²) >= 11 is 0. The minimum Gasteiger partial charge on any atom is -0.480 e. The number of hydrogen-bond acceptors (Lipinski definition) is 5. The summed E-state index contributed by atoms with van der Waals surface area (Å²) in [6, 6.07) is -1.09. The van der Waals surface area contributed by atoms with Gasteiger partial charge in [0, 0.05) is 18.4 Å². The van der Waals surface area contributed by atoms with Gasteiger partial charge in [-0.2, -0.15) is 0 Å². The molecule has 0 heterocycles. The van der Waals surface area contributed by atoms with Crippen molar-refractivity contribution in [1.82, 2.24) is 5.32 Å². The Kier molecular flexibility index (Phi) is 6.61. The number of amides is 1. The Morgan fingerprint density at radius 3 is 2.43 bits per heavy atom. The van der Waals surface area contributed by atoms with Gasteiger partial charge in [-0.1, -0.05) is 19.3 Å². The average molecular weight is 300 g/mol. The summed E-state index contributed by atoms with van der Waals surface area (Å²) in [5, 5.41) is 11.5. The SMILES string of the molecule is COC(=O)CC[C@H](NC(=O)CC1(N)CCCCC1)C(=O)O. The molecule has 1 aliphatic carbocycles. The smallest absolute Gasteiger partial charge is 0.326 e. The molecule has 0 aromatic heterocycles. The lowest BCUT2D eigenvalue weighted by atomic mass is 9.80. The van der Waals surface area contributed by atoms with Gasteiger partial charge >= 0.3 is 11.9 Å². The topological polar surface area (TPSA) is 119 Å². The van der Waals surface area contributed by atoms with Crippen LogP contribution in [0.5, 0.6) is 0 Å². The van der Waals surface area contributed by atoms with Gasteiger partial charge in [0.05, 0.1) is 7.11 Å². The van der Waals surface area contributed by atoms with E-state index >= 15 is 0 Å². The lowest BCUT2D eigenvalue weighted by Gasteiger charge is -2.33. The summed E-state index contributed by atoms with van der Waals surface area (Å²) in [4.78, 5) is 34.1. The molecule has 21 heavy (non-hydrogen) atoms. The summed E-state index contributed by atoms with van der Waals surface area (Å²) in [6.45, 7) is 0. The first-order chi connectivity index (χ1) is 9.86. The van der Waals surface area contributed by atoms with Crippen molar-refractivity contribution >= 4 is 17.8 Å². The Morgan fingerprint density at radius 2 is 1.90 bits per heavy atom. The number of aliphatic carboxylic acids is 1. The Balaban J connectivity index is 2.48. The highest BCUT2D eigenvalue weighted by Crippen LogP contribution is 2.28. The summed E-state index contributed by atoms with van der Waals surface area (Å²) in [5.74, 6) is -2.04. The highest BCUT2D eigenvalue weighted by Gasteiger charge is 2.31. The largest absolute Gasteiger partial charge is 0.480 e. The molecule has 0 bridgehead atoms. The summed E-state index contributed by atoms with van der Waals surface area (Å²) in [5.41, 5.74) is 5.64. The van der Waals surface area contributed by atoms with Crippen LogP contribution < -0.4 is 11.1 Å². The van der Waals surface area contributed by atoms with E-state index in [9.17, 15) is 14.4 Å². The zero-order valence-electron chi connectivity index (χ0n) is 12.4. The van der Waals surface area contributed by atoms with Crippen molar-refractivity contribution in [3.8, 4) is 0 Å². The van der Waals surface area contributed by atoms with E-state index in [2.05, 4.69) is 10.1 Å². The normalized spacial score (nSPS) is 18.6. The van der Waals surface area contributed by atoms with E-state index in [1.54, 1.807) is 0 Å². The first kappa shape index (κ1) is 17.4. The second-order valence-electron chi connectivity index (χ2n) is 5.67. The fourth-order valence-electron chi connectivity index (χ4n) is 2.62. The van der Waals surface area contributed by atoms with E-state index in [1.165, 1.54) is 7.11 Å². The first-order valence-electron chi connectivity index (χ1n) is 7.24. The maximum atomic E-state index is 12.0. The van der Waals surface area contributed by atoms with E-state index < -0.39 is 23.5 Å². The van der Waals surface area contributed by atoms with Gasteiger partial charge in [0.15, 0.2) is 0 Å². The third-order valence-electron chi connectivity index (χ3n) is 3.86. The van der Waals surface area contributed by atoms with Crippen LogP contribution in [0.2, 0.25) is 0 Å². The average Bonchev–Trinajstić information content (AvgIpc) is 2.42. The van der Waals surface area contributed by atoms with Gasteiger partial charge in [-0.05, 0) is 19.3 Å². The number of carboxylic acids is 1. The van der Waals surface area contributed by atoms with Crippen LogP contribution in [0.1, 0.15) is 51.4 Å². The lowest BCUT2D eigenvalue weighted by Crippen LogP contribution is -2.49. The molecular formula is C14H24N2O5. The molecular weight excluding hydrogens is 276 g/mol. The highest BCUT2D eigenvalue weighted by atomic mass is 16.5. The van der Waals surface area contributed by atoms with E-state index in [0.29, 0.717) is 0 Å². The fraction of sp³-hybridized carbons (Fsp3) is 0.786. The van der Waals surface area contributed by atoms with E-state index in [1.807, 2.05) is 0 Å². The maximum absolute atomic E-state index is 12.0. The monoisotopic (exact) mass is 300 g/mol. The van der Waals surface area contributed by atoms with Crippen LogP contribution in [-0.2, 0) is 19.1 Å². The second kappa shape index (κ2) is 7.97. The highest BCUT2D eigenvalue weighted by molar-refractivity contribution is 5.84. The van der Waals surface area contributed by atoms with Gasteiger partial charge in [0.1, 0.15) is 6.04 Å². The maximum Gasteiger partial charge on any atom is 0.326 e. The molecule has 0 unspecified atom stereocenters. The molecule has 1 amide bonds. The van der Waals surface area contributed by atoms with E-state index in [4.69, 9.17) is 10.8 Å². The van der Waals surface area contributed by atoms with Crippen LogP contribution in [0.3, 0.4) is 0 Å². The van der Waals surface area contributed by atoms with Gasteiger partial charge < -0.3 is 20.9 Å². The molecule has 1 fully saturated rings. The number of carbonyl (C=O) groups excluding carboxylic acids is 2. The zero-order valence-corrected chi connectivity index (χ0v) is 12.4. The van der Waals surface area contributed by atoms with E-state index in [0.717, 1.165) is 32.1 Å². The molecule has 1 saturated carbocycles. The number of nitrogens with one attached hydrogen (secondary N) is 1. The first-order valence-corrected chi connectivity index (χ1v) is 7.24. The molecule has 7 heteroatoms. The molecule has 0 radical (unpaired) electrons. The molecule has 7 nitrogen and oxygen atoms in total. The zero-order chi connectivity index (χ0) is 15.9. The van der Waals surface area contributed by atoms with Crippen molar-refractivity contribution in [3.63, 3.8) is 0 Å². The fourth-order valence-corrected chi connectivity index (χ4v) is 2.62. The molecule has 0 saturated heterocycles. The number of methoxy groups -OCH3 is 1. The molecule has 120 valence electrons. The molecule has 0 aromatic rings. The summed E-state index contributed by atoms with van der Waals surface area (Å²) in [7, 11) is 1.23. The van der Waals surface area contributed by atoms with Crippen LogP contribution in [0.4, 0.5) is 0 Å². The van der Waals surface area contributed by atoms with Crippen LogP contribution >= 0.6 is 0 Å². The molecule has 4 N–H and O–H groups in total. The summed E-state index contributed by atoms with van der Waals surface area (Å²) < 4.78 is 4.46. The number of esters is 1. The van der Waals surface area contributed by atoms with Crippen molar-refractivity contribution < 1.29 is 24.2 Å². The number of hydrogen-bond donors (Lipinski definition) is 3. The molecule has 1 rings (SSSR count). The van der Waals surface area contributed by atoms with Gasteiger partial charge in [-0.25, -0.2) is 4.79 Å². The van der Waals surface area contributed by atoms with Gasteiger partial charge in [-0.15, -0.1) is 0 Å². The predicted molar refractivity (Wildman–Crippen MR) is 75.4 cm³/mol. The van der Waals surface area contributed by atoms with Crippen LogP contribution in [0.15, 0.2) is 0 Å². The minimum absolute atomic E-state index is 0.00528. The van der Waals surface area contributed by atoms with Crippen LogP contribution in [-0.4, -0.2) is 41.6 Å².